The first-order valence-electron chi connectivity index (χ1n) is 4.23. The van der Waals surface area contributed by atoms with Crippen molar-refractivity contribution >= 4 is 12.6 Å². The van der Waals surface area contributed by atoms with Crippen molar-refractivity contribution in [2.24, 2.45) is 0 Å². The summed E-state index contributed by atoms with van der Waals surface area (Å²) in [6.07, 6.45) is 0. The molecule has 14 heavy (non-hydrogen) atoms. The lowest BCUT2D eigenvalue weighted by Crippen LogP contribution is -2.00. The van der Waals surface area contributed by atoms with Gasteiger partial charge in [-0.2, -0.15) is 4.68 Å². The standard InChI is InChI=1S/C9H10N4S/c1-6-3-4-8(7(2)5-6)13-9(14)10-11-12-13/h3-5H,1-2H3,(H,10,12,14). The Balaban J connectivity index is 2.58. The number of tetrazole rings is 1. The van der Waals surface area contributed by atoms with Gasteiger partial charge in [-0.05, 0) is 35.9 Å². The van der Waals surface area contributed by atoms with Gasteiger partial charge in [-0.3, -0.25) is 0 Å². The molecule has 0 bridgehead atoms. The molecule has 1 aromatic carbocycles. The zero-order valence-electron chi connectivity index (χ0n) is 7.97. The van der Waals surface area contributed by atoms with Gasteiger partial charge in [0.15, 0.2) is 0 Å². The molecule has 0 saturated heterocycles. The molecule has 1 heterocycles. The minimum Gasteiger partial charge on any atom is -0.187 e. The summed E-state index contributed by atoms with van der Waals surface area (Å²) in [5, 5.41) is 11.6. The molecule has 2 aromatic rings. The molecule has 2 rings (SSSR count). The molecule has 5 heteroatoms. The van der Waals surface area contributed by atoms with Crippen LogP contribution in [0.4, 0.5) is 0 Å². The number of benzene rings is 1. The maximum Gasteiger partial charge on any atom is 0.211 e. The van der Waals surface area contributed by atoms with E-state index < -0.39 is 0 Å². The van der Waals surface area contributed by atoms with Gasteiger partial charge in [0, 0.05) is 0 Å². The van der Waals surface area contributed by atoms with Gasteiger partial charge in [-0.15, -0.1) is 17.7 Å². The van der Waals surface area contributed by atoms with Crippen LogP contribution >= 0.6 is 12.6 Å². The molecule has 0 aliphatic carbocycles. The Kier molecular flexibility index (Phi) is 2.25. The number of rotatable bonds is 1. The molecule has 0 spiro atoms. The van der Waals surface area contributed by atoms with Gasteiger partial charge in [0.05, 0.1) is 5.69 Å². The highest BCUT2D eigenvalue weighted by Gasteiger charge is 2.06. The molecule has 4 nitrogen and oxygen atoms in total. The van der Waals surface area contributed by atoms with E-state index >= 15 is 0 Å². The first-order valence-corrected chi connectivity index (χ1v) is 4.68. The van der Waals surface area contributed by atoms with Gasteiger partial charge in [0.1, 0.15) is 0 Å². The van der Waals surface area contributed by atoms with E-state index in [0.29, 0.717) is 5.16 Å². The molecular weight excluding hydrogens is 196 g/mol. The average Bonchev–Trinajstić information content (AvgIpc) is 2.52. The van der Waals surface area contributed by atoms with Crippen LogP contribution in [0.5, 0.6) is 0 Å². The quantitative estimate of drug-likeness (QED) is 0.720. The first-order chi connectivity index (χ1) is 6.68. The second-order valence-corrected chi connectivity index (χ2v) is 3.58. The highest BCUT2D eigenvalue weighted by atomic mass is 32.1. The summed E-state index contributed by atoms with van der Waals surface area (Å²) < 4.78 is 1.61. The second-order valence-electron chi connectivity index (χ2n) is 3.18. The van der Waals surface area contributed by atoms with E-state index in [1.165, 1.54) is 5.56 Å². The van der Waals surface area contributed by atoms with Crippen LogP contribution in [0.2, 0.25) is 0 Å². The van der Waals surface area contributed by atoms with E-state index in [-0.39, 0.29) is 0 Å². The van der Waals surface area contributed by atoms with Crippen molar-refractivity contribution in [3.63, 3.8) is 0 Å². The number of hydrogen-bond donors (Lipinski definition) is 1. The third kappa shape index (κ3) is 1.50. The number of aryl methyl sites for hydroxylation is 2. The lowest BCUT2D eigenvalue weighted by Gasteiger charge is -2.05. The first kappa shape index (κ1) is 9.21. The van der Waals surface area contributed by atoms with Gasteiger partial charge < -0.3 is 0 Å². The van der Waals surface area contributed by atoms with Crippen molar-refractivity contribution in [1.29, 1.82) is 0 Å². The van der Waals surface area contributed by atoms with E-state index in [4.69, 9.17) is 0 Å². The van der Waals surface area contributed by atoms with Crippen molar-refractivity contribution in [3.05, 3.63) is 29.3 Å². The number of hydrogen-bond acceptors (Lipinski definition) is 4. The topological polar surface area (TPSA) is 43.6 Å². The molecule has 0 aliphatic rings. The average molecular weight is 206 g/mol. The van der Waals surface area contributed by atoms with Crippen LogP contribution in [0, 0.1) is 13.8 Å². The van der Waals surface area contributed by atoms with Gasteiger partial charge >= 0.3 is 0 Å². The van der Waals surface area contributed by atoms with Crippen LogP contribution in [0.15, 0.2) is 23.4 Å². The Bertz CT molecular complexity index is 464. The normalized spacial score (nSPS) is 10.5. The van der Waals surface area contributed by atoms with Crippen molar-refractivity contribution < 1.29 is 0 Å². The molecular formula is C9H10N4S. The SMILES string of the molecule is Cc1ccc(-n2nnnc2S)c(C)c1. The summed E-state index contributed by atoms with van der Waals surface area (Å²) in [5.41, 5.74) is 3.32. The Labute approximate surface area is 87.4 Å². The molecule has 72 valence electrons. The van der Waals surface area contributed by atoms with Crippen LogP contribution in [0.25, 0.3) is 5.69 Å². The van der Waals surface area contributed by atoms with Crippen LogP contribution in [-0.2, 0) is 0 Å². The smallest absolute Gasteiger partial charge is 0.187 e. The Morgan fingerprint density at radius 1 is 1.29 bits per heavy atom. The summed E-state index contributed by atoms with van der Waals surface area (Å²) in [5.74, 6) is 0. The predicted molar refractivity (Wildman–Crippen MR) is 55.9 cm³/mol. The molecule has 0 amide bonds. The summed E-state index contributed by atoms with van der Waals surface area (Å²) in [7, 11) is 0. The van der Waals surface area contributed by atoms with Crippen LogP contribution in [0.3, 0.4) is 0 Å². The monoisotopic (exact) mass is 206 g/mol. The Morgan fingerprint density at radius 2 is 2.07 bits per heavy atom. The van der Waals surface area contributed by atoms with E-state index in [2.05, 4.69) is 41.1 Å². The van der Waals surface area contributed by atoms with Crippen molar-refractivity contribution in [1.82, 2.24) is 20.2 Å². The fraction of sp³-hybridized carbons (Fsp3) is 0.222. The molecule has 0 fully saturated rings. The third-order valence-electron chi connectivity index (χ3n) is 2.03. The fourth-order valence-electron chi connectivity index (χ4n) is 1.38. The molecule has 0 N–H and O–H groups in total. The van der Waals surface area contributed by atoms with Gasteiger partial charge in [0.2, 0.25) is 5.16 Å². The Hall–Kier alpha value is -1.36. The summed E-state index contributed by atoms with van der Waals surface area (Å²) >= 11 is 4.16. The largest absolute Gasteiger partial charge is 0.211 e. The molecule has 0 unspecified atom stereocenters. The zero-order valence-corrected chi connectivity index (χ0v) is 8.86. The van der Waals surface area contributed by atoms with Crippen molar-refractivity contribution in [2.75, 3.05) is 0 Å². The molecule has 0 aliphatic heterocycles. The lowest BCUT2D eigenvalue weighted by molar-refractivity contribution is 0.753. The molecule has 0 radical (unpaired) electrons. The predicted octanol–water partition coefficient (Wildman–Crippen LogP) is 1.57. The summed E-state index contributed by atoms with van der Waals surface area (Å²) in [6, 6.07) is 6.10. The molecule has 1 aromatic heterocycles. The maximum absolute atomic E-state index is 4.16. The van der Waals surface area contributed by atoms with Crippen molar-refractivity contribution in [3.8, 4) is 5.69 Å². The van der Waals surface area contributed by atoms with E-state index in [1.54, 1.807) is 4.68 Å². The zero-order chi connectivity index (χ0) is 10.1. The summed E-state index contributed by atoms with van der Waals surface area (Å²) in [6.45, 7) is 4.08. The highest BCUT2D eigenvalue weighted by molar-refractivity contribution is 7.80. The second kappa shape index (κ2) is 3.42. The fourth-order valence-corrected chi connectivity index (χ4v) is 1.57. The third-order valence-corrected chi connectivity index (χ3v) is 2.31. The molecule has 0 atom stereocenters. The van der Waals surface area contributed by atoms with Crippen LogP contribution in [0.1, 0.15) is 11.1 Å². The van der Waals surface area contributed by atoms with E-state index in [0.717, 1.165) is 11.3 Å². The van der Waals surface area contributed by atoms with Crippen LogP contribution in [-0.4, -0.2) is 20.2 Å². The maximum atomic E-state index is 4.16. The number of thiol groups is 1. The van der Waals surface area contributed by atoms with Crippen LogP contribution < -0.4 is 0 Å². The minimum atomic E-state index is 0.497. The lowest BCUT2D eigenvalue weighted by atomic mass is 10.1. The Morgan fingerprint density at radius 3 is 2.64 bits per heavy atom. The summed E-state index contributed by atoms with van der Waals surface area (Å²) in [4.78, 5) is 0. The molecule has 0 saturated carbocycles. The van der Waals surface area contributed by atoms with E-state index in [9.17, 15) is 0 Å². The van der Waals surface area contributed by atoms with Gasteiger partial charge in [-0.1, -0.05) is 17.7 Å². The number of aromatic nitrogens is 4. The van der Waals surface area contributed by atoms with Gasteiger partial charge in [0.25, 0.3) is 0 Å². The minimum absolute atomic E-state index is 0.497. The highest BCUT2D eigenvalue weighted by Crippen LogP contribution is 2.16. The number of nitrogens with zero attached hydrogens (tertiary/aromatic N) is 4. The van der Waals surface area contributed by atoms with E-state index in [1.807, 2.05) is 19.1 Å². The van der Waals surface area contributed by atoms with Crippen molar-refractivity contribution in [2.45, 2.75) is 19.0 Å². The van der Waals surface area contributed by atoms with Gasteiger partial charge in [-0.25, -0.2) is 0 Å².